The fraction of sp³-hybridized carbons (Fsp3) is 0.333. The number of rotatable bonds is 4. The van der Waals surface area contributed by atoms with Crippen LogP contribution in [0.15, 0.2) is 12.1 Å². The number of hydrogen-bond acceptors (Lipinski definition) is 4. The van der Waals surface area contributed by atoms with Gasteiger partial charge in [-0.1, -0.05) is 39.1 Å². The normalized spacial score (nSPS) is 14.4. The molecule has 1 aromatic rings. The lowest BCUT2D eigenvalue weighted by atomic mass is 10.0. The standard InChI is InChI=1S/C9H8BrCl2NO4/c10-3-8(14)9(15)4-1-5(11)6(12)2-7(4)13(16)17/h1-2,8-9,14-15H,3H2. The fourth-order valence-corrected chi connectivity index (χ4v) is 1.92. The van der Waals surface area contributed by atoms with E-state index >= 15 is 0 Å². The number of aliphatic hydroxyl groups excluding tert-OH is 2. The number of nitro groups is 1. The molecule has 0 saturated carbocycles. The van der Waals surface area contributed by atoms with E-state index in [9.17, 15) is 20.3 Å². The molecule has 94 valence electrons. The first-order valence-electron chi connectivity index (χ1n) is 4.44. The van der Waals surface area contributed by atoms with Gasteiger partial charge in [-0.2, -0.15) is 0 Å². The Morgan fingerprint density at radius 3 is 2.35 bits per heavy atom. The molecule has 0 aliphatic heterocycles. The predicted molar refractivity (Wildman–Crippen MR) is 67.9 cm³/mol. The van der Waals surface area contributed by atoms with Crippen molar-refractivity contribution in [1.82, 2.24) is 0 Å². The second kappa shape index (κ2) is 5.97. The lowest BCUT2D eigenvalue weighted by Crippen LogP contribution is -2.20. The van der Waals surface area contributed by atoms with E-state index in [1.165, 1.54) is 6.07 Å². The largest absolute Gasteiger partial charge is 0.389 e. The number of hydrogen-bond donors (Lipinski definition) is 2. The van der Waals surface area contributed by atoms with Crippen LogP contribution >= 0.6 is 39.1 Å². The highest BCUT2D eigenvalue weighted by Crippen LogP contribution is 2.35. The van der Waals surface area contributed by atoms with Crippen LogP contribution < -0.4 is 0 Å². The van der Waals surface area contributed by atoms with Crippen LogP contribution in [0.1, 0.15) is 11.7 Å². The molecule has 0 fully saturated rings. The second-order valence-electron chi connectivity index (χ2n) is 3.25. The molecular formula is C9H8BrCl2NO4. The summed E-state index contributed by atoms with van der Waals surface area (Å²) in [4.78, 5) is 10.1. The molecule has 2 N–H and O–H groups in total. The van der Waals surface area contributed by atoms with Gasteiger partial charge in [0.05, 0.1) is 26.6 Å². The zero-order valence-corrected chi connectivity index (χ0v) is 11.4. The van der Waals surface area contributed by atoms with Crippen LogP contribution in [-0.4, -0.2) is 26.6 Å². The summed E-state index contributed by atoms with van der Waals surface area (Å²) in [5, 5.41) is 30.2. The highest BCUT2D eigenvalue weighted by Gasteiger charge is 2.27. The molecule has 0 aliphatic carbocycles. The van der Waals surface area contributed by atoms with E-state index in [1.807, 2.05) is 0 Å². The van der Waals surface area contributed by atoms with Crippen molar-refractivity contribution >= 4 is 44.8 Å². The van der Waals surface area contributed by atoms with Crippen molar-refractivity contribution in [2.45, 2.75) is 12.2 Å². The van der Waals surface area contributed by atoms with Gasteiger partial charge in [-0.25, -0.2) is 0 Å². The van der Waals surface area contributed by atoms with Crippen molar-refractivity contribution in [3.05, 3.63) is 37.9 Å². The molecule has 17 heavy (non-hydrogen) atoms. The van der Waals surface area contributed by atoms with Gasteiger partial charge in [-0.3, -0.25) is 10.1 Å². The van der Waals surface area contributed by atoms with E-state index in [4.69, 9.17) is 23.2 Å². The van der Waals surface area contributed by atoms with Crippen molar-refractivity contribution in [3.63, 3.8) is 0 Å². The molecule has 1 aromatic carbocycles. The summed E-state index contributed by atoms with van der Waals surface area (Å²) in [7, 11) is 0. The van der Waals surface area contributed by atoms with Gasteiger partial charge in [-0.15, -0.1) is 0 Å². The fourth-order valence-electron chi connectivity index (χ4n) is 1.24. The molecule has 0 aliphatic rings. The van der Waals surface area contributed by atoms with Crippen molar-refractivity contribution < 1.29 is 15.1 Å². The summed E-state index contributed by atoms with van der Waals surface area (Å²) in [6, 6.07) is 2.22. The Kier molecular flexibility index (Phi) is 5.15. The first-order valence-corrected chi connectivity index (χ1v) is 6.31. The first kappa shape index (κ1) is 14.7. The van der Waals surface area contributed by atoms with Crippen molar-refractivity contribution in [1.29, 1.82) is 0 Å². The highest BCUT2D eigenvalue weighted by molar-refractivity contribution is 9.09. The van der Waals surface area contributed by atoms with Gasteiger partial charge >= 0.3 is 0 Å². The van der Waals surface area contributed by atoms with Gasteiger partial charge in [0.25, 0.3) is 5.69 Å². The van der Waals surface area contributed by atoms with E-state index in [0.717, 1.165) is 6.07 Å². The number of halogens is 3. The Labute approximate surface area is 115 Å². The quantitative estimate of drug-likeness (QED) is 0.499. The third kappa shape index (κ3) is 3.29. The minimum absolute atomic E-state index is 0.0163. The molecule has 0 radical (unpaired) electrons. The molecule has 0 heterocycles. The number of nitrogens with zero attached hydrogens (tertiary/aromatic N) is 1. The average Bonchev–Trinajstić information content (AvgIpc) is 2.29. The average molecular weight is 345 g/mol. The van der Waals surface area contributed by atoms with Crippen LogP contribution in [0, 0.1) is 10.1 Å². The Morgan fingerprint density at radius 1 is 1.35 bits per heavy atom. The van der Waals surface area contributed by atoms with Crippen LogP contribution in [0.25, 0.3) is 0 Å². The van der Waals surface area contributed by atoms with Gasteiger partial charge in [0, 0.05) is 11.4 Å². The molecule has 0 amide bonds. The van der Waals surface area contributed by atoms with Gasteiger partial charge in [0.2, 0.25) is 0 Å². The van der Waals surface area contributed by atoms with Crippen LogP contribution in [0.3, 0.4) is 0 Å². The molecule has 0 spiro atoms. The third-order valence-electron chi connectivity index (χ3n) is 2.11. The molecule has 2 atom stereocenters. The lowest BCUT2D eigenvalue weighted by Gasteiger charge is -2.16. The zero-order valence-electron chi connectivity index (χ0n) is 8.31. The molecular weight excluding hydrogens is 337 g/mol. The predicted octanol–water partition coefficient (Wildman–Crippen LogP) is 2.69. The molecule has 0 aromatic heterocycles. The summed E-state index contributed by atoms with van der Waals surface area (Å²) < 4.78 is 0. The van der Waals surface area contributed by atoms with Gasteiger partial charge < -0.3 is 10.2 Å². The Balaban J connectivity index is 3.30. The molecule has 8 heteroatoms. The molecule has 1 rings (SSSR count). The van der Waals surface area contributed by atoms with E-state index in [2.05, 4.69) is 15.9 Å². The number of aliphatic hydroxyl groups is 2. The SMILES string of the molecule is O=[N+]([O-])c1cc(Cl)c(Cl)cc1C(O)C(O)CBr. The minimum atomic E-state index is -1.41. The second-order valence-corrected chi connectivity index (χ2v) is 4.71. The lowest BCUT2D eigenvalue weighted by molar-refractivity contribution is -0.386. The maximum atomic E-state index is 10.8. The van der Waals surface area contributed by atoms with E-state index < -0.39 is 17.1 Å². The van der Waals surface area contributed by atoms with Gasteiger partial charge in [-0.05, 0) is 6.07 Å². The van der Waals surface area contributed by atoms with Gasteiger partial charge in [0.15, 0.2) is 0 Å². The Morgan fingerprint density at radius 2 is 1.88 bits per heavy atom. The van der Waals surface area contributed by atoms with Crippen LogP contribution in [0.5, 0.6) is 0 Å². The zero-order chi connectivity index (χ0) is 13.2. The van der Waals surface area contributed by atoms with Crippen molar-refractivity contribution in [3.8, 4) is 0 Å². The highest BCUT2D eigenvalue weighted by atomic mass is 79.9. The number of benzene rings is 1. The maximum Gasteiger partial charge on any atom is 0.276 e. The summed E-state index contributed by atoms with van der Waals surface area (Å²) >= 11 is 14.4. The van der Waals surface area contributed by atoms with E-state index in [1.54, 1.807) is 0 Å². The summed E-state index contributed by atoms with van der Waals surface area (Å²) in [5.74, 6) is 0. The Bertz CT molecular complexity index is 443. The smallest absolute Gasteiger partial charge is 0.276 e. The molecule has 5 nitrogen and oxygen atoms in total. The molecule has 0 bridgehead atoms. The maximum absolute atomic E-state index is 10.8. The number of nitro benzene ring substituents is 1. The summed E-state index contributed by atoms with van der Waals surface area (Å²) in [6.45, 7) is 0. The minimum Gasteiger partial charge on any atom is -0.389 e. The number of alkyl halides is 1. The van der Waals surface area contributed by atoms with Crippen LogP contribution in [0.4, 0.5) is 5.69 Å². The third-order valence-corrected chi connectivity index (χ3v) is 3.49. The van der Waals surface area contributed by atoms with E-state index in [-0.39, 0.29) is 26.6 Å². The van der Waals surface area contributed by atoms with Crippen LogP contribution in [0.2, 0.25) is 10.0 Å². The molecule has 2 unspecified atom stereocenters. The topological polar surface area (TPSA) is 83.6 Å². The first-order chi connectivity index (χ1) is 7.88. The van der Waals surface area contributed by atoms with Crippen LogP contribution in [-0.2, 0) is 0 Å². The Hall–Kier alpha value is -0.400. The van der Waals surface area contributed by atoms with Gasteiger partial charge in [0.1, 0.15) is 6.10 Å². The summed E-state index contributed by atoms with van der Waals surface area (Å²) in [5.41, 5.74) is -0.455. The van der Waals surface area contributed by atoms with Crippen molar-refractivity contribution in [2.75, 3.05) is 5.33 Å². The van der Waals surface area contributed by atoms with Crippen molar-refractivity contribution in [2.24, 2.45) is 0 Å². The monoisotopic (exact) mass is 343 g/mol. The summed E-state index contributed by atoms with van der Waals surface area (Å²) in [6.07, 6.45) is -2.59. The van der Waals surface area contributed by atoms with E-state index in [0.29, 0.717) is 0 Å². The molecule has 0 saturated heterocycles.